The monoisotopic (exact) mass is 431 g/mol. The van der Waals surface area contributed by atoms with Crippen molar-refractivity contribution in [2.24, 2.45) is 5.92 Å². The van der Waals surface area contributed by atoms with Crippen LogP contribution >= 0.6 is 0 Å². The molecule has 3 heterocycles. The number of likely N-dealkylation sites (tertiary alicyclic amines) is 1. The molecule has 10 nitrogen and oxygen atoms in total. The number of esters is 1. The number of benzene rings is 1. The lowest BCUT2D eigenvalue weighted by Crippen LogP contribution is -2.43. The molecule has 10 heteroatoms. The van der Waals surface area contributed by atoms with Gasteiger partial charge >= 0.3 is 12.0 Å². The number of rotatable bonds is 6. The van der Waals surface area contributed by atoms with Gasteiger partial charge in [0.05, 0.1) is 25.5 Å². The SMILES string of the molecule is CCOC(=O)C1CCN(C(=O)CC2NC(=O)N(Cc3ccc4c(c3)OCO4)C2=O)CC1. The number of imide groups is 1. The average Bonchev–Trinajstić information content (AvgIpc) is 3.33. The van der Waals surface area contributed by atoms with Gasteiger partial charge in [0, 0.05) is 13.1 Å². The summed E-state index contributed by atoms with van der Waals surface area (Å²) in [5.74, 6) is 0.114. The average molecular weight is 431 g/mol. The molecule has 0 spiro atoms. The summed E-state index contributed by atoms with van der Waals surface area (Å²) in [6.45, 7) is 3.18. The van der Waals surface area contributed by atoms with Gasteiger partial charge in [-0.05, 0) is 37.5 Å². The molecule has 1 atom stereocenters. The van der Waals surface area contributed by atoms with Gasteiger partial charge in [-0.3, -0.25) is 19.3 Å². The zero-order valence-electron chi connectivity index (χ0n) is 17.3. The Morgan fingerprint density at radius 2 is 1.90 bits per heavy atom. The molecular formula is C21H25N3O7. The van der Waals surface area contributed by atoms with Crippen molar-refractivity contribution in [3.05, 3.63) is 23.8 Å². The predicted octanol–water partition coefficient (Wildman–Crippen LogP) is 1.03. The molecule has 1 aromatic carbocycles. The minimum atomic E-state index is -0.892. The van der Waals surface area contributed by atoms with Gasteiger partial charge in [0.15, 0.2) is 11.5 Å². The number of ether oxygens (including phenoxy) is 3. The van der Waals surface area contributed by atoms with Gasteiger partial charge in [0.2, 0.25) is 12.7 Å². The lowest BCUT2D eigenvalue weighted by atomic mass is 9.96. The van der Waals surface area contributed by atoms with Gasteiger partial charge < -0.3 is 24.4 Å². The van der Waals surface area contributed by atoms with E-state index in [2.05, 4.69) is 5.32 Å². The molecule has 4 rings (SSSR count). The van der Waals surface area contributed by atoms with E-state index in [1.165, 1.54) is 0 Å². The Kier molecular flexibility index (Phi) is 5.97. The smallest absolute Gasteiger partial charge is 0.325 e. The van der Waals surface area contributed by atoms with Crippen LogP contribution in [-0.2, 0) is 25.7 Å². The second-order valence-corrected chi connectivity index (χ2v) is 7.73. The number of fused-ring (bicyclic) bond motifs is 1. The second-order valence-electron chi connectivity index (χ2n) is 7.73. The normalized spacial score (nSPS) is 20.7. The first-order chi connectivity index (χ1) is 15.0. The Bertz CT molecular complexity index is 895. The quantitative estimate of drug-likeness (QED) is 0.528. The molecule has 2 saturated heterocycles. The molecular weight excluding hydrogens is 406 g/mol. The van der Waals surface area contributed by atoms with E-state index in [4.69, 9.17) is 14.2 Å². The molecule has 3 aliphatic rings. The van der Waals surface area contributed by atoms with Gasteiger partial charge in [-0.2, -0.15) is 0 Å². The van der Waals surface area contributed by atoms with Crippen LogP contribution in [0.5, 0.6) is 11.5 Å². The predicted molar refractivity (Wildman–Crippen MR) is 106 cm³/mol. The maximum absolute atomic E-state index is 12.7. The molecule has 4 amide bonds. The summed E-state index contributed by atoms with van der Waals surface area (Å²) in [5.41, 5.74) is 0.723. The van der Waals surface area contributed by atoms with Crippen molar-refractivity contribution in [3.63, 3.8) is 0 Å². The maximum atomic E-state index is 12.7. The lowest BCUT2D eigenvalue weighted by Gasteiger charge is -2.31. The minimum Gasteiger partial charge on any atom is -0.466 e. The second kappa shape index (κ2) is 8.83. The molecule has 166 valence electrons. The van der Waals surface area contributed by atoms with Crippen LogP contribution < -0.4 is 14.8 Å². The van der Waals surface area contributed by atoms with E-state index in [1.54, 1.807) is 30.0 Å². The van der Waals surface area contributed by atoms with Crippen LogP contribution in [0.3, 0.4) is 0 Å². The molecule has 31 heavy (non-hydrogen) atoms. The Hall–Kier alpha value is -3.30. The number of nitrogens with zero attached hydrogens (tertiary/aromatic N) is 2. The Labute approximate surface area is 179 Å². The molecule has 3 aliphatic heterocycles. The van der Waals surface area contributed by atoms with Crippen molar-refractivity contribution in [3.8, 4) is 11.5 Å². The summed E-state index contributed by atoms with van der Waals surface area (Å²) < 4.78 is 15.6. The molecule has 1 N–H and O–H groups in total. The Morgan fingerprint density at radius 1 is 1.16 bits per heavy atom. The van der Waals surface area contributed by atoms with E-state index in [0.717, 1.165) is 10.5 Å². The third-order valence-electron chi connectivity index (χ3n) is 5.73. The lowest BCUT2D eigenvalue weighted by molar-refractivity contribution is -0.151. The highest BCUT2D eigenvalue weighted by Gasteiger charge is 2.40. The largest absolute Gasteiger partial charge is 0.466 e. The molecule has 0 radical (unpaired) electrons. The van der Waals surface area contributed by atoms with E-state index < -0.39 is 18.0 Å². The van der Waals surface area contributed by atoms with Crippen LogP contribution in [0.2, 0.25) is 0 Å². The highest BCUT2D eigenvalue weighted by atomic mass is 16.7. The molecule has 0 aliphatic carbocycles. The number of urea groups is 1. The van der Waals surface area contributed by atoms with Crippen LogP contribution in [0.25, 0.3) is 0 Å². The van der Waals surface area contributed by atoms with Crippen LogP contribution in [0, 0.1) is 5.92 Å². The first-order valence-corrected chi connectivity index (χ1v) is 10.4. The van der Waals surface area contributed by atoms with E-state index in [1.807, 2.05) is 0 Å². The van der Waals surface area contributed by atoms with Crippen molar-refractivity contribution in [1.29, 1.82) is 0 Å². The van der Waals surface area contributed by atoms with Crippen LogP contribution in [0.1, 0.15) is 31.7 Å². The van der Waals surface area contributed by atoms with Gasteiger partial charge in [0.25, 0.3) is 5.91 Å². The fourth-order valence-electron chi connectivity index (χ4n) is 4.02. The van der Waals surface area contributed by atoms with E-state index >= 15 is 0 Å². The van der Waals surface area contributed by atoms with Crippen LogP contribution in [0.15, 0.2) is 18.2 Å². The summed E-state index contributed by atoms with van der Waals surface area (Å²) in [5, 5.41) is 2.60. The first kappa shape index (κ1) is 21.0. The topological polar surface area (TPSA) is 114 Å². The number of piperidine rings is 1. The van der Waals surface area contributed by atoms with Crippen molar-refractivity contribution < 1.29 is 33.4 Å². The van der Waals surface area contributed by atoms with Gasteiger partial charge in [-0.1, -0.05) is 6.07 Å². The molecule has 1 aromatic rings. The molecule has 0 saturated carbocycles. The highest BCUT2D eigenvalue weighted by Crippen LogP contribution is 2.33. The van der Waals surface area contributed by atoms with Gasteiger partial charge in [0.1, 0.15) is 6.04 Å². The summed E-state index contributed by atoms with van der Waals surface area (Å²) in [4.78, 5) is 52.3. The van der Waals surface area contributed by atoms with Crippen LogP contribution in [0.4, 0.5) is 4.79 Å². The van der Waals surface area contributed by atoms with E-state index in [-0.39, 0.29) is 37.6 Å². The van der Waals surface area contributed by atoms with Crippen molar-refractivity contribution in [2.75, 3.05) is 26.5 Å². The number of hydrogen-bond donors (Lipinski definition) is 1. The van der Waals surface area contributed by atoms with Crippen LogP contribution in [-0.4, -0.2) is 66.1 Å². The van der Waals surface area contributed by atoms with Crippen molar-refractivity contribution in [1.82, 2.24) is 15.1 Å². The van der Waals surface area contributed by atoms with E-state index in [0.29, 0.717) is 44.0 Å². The molecule has 0 bridgehead atoms. The third kappa shape index (κ3) is 4.42. The zero-order valence-corrected chi connectivity index (χ0v) is 17.3. The maximum Gasteiger partial charge on any atom is 0.325 e. The van der Waals surface area contributed by atoms with Crippen molar-refractivity contribution >= 4 is 23.8 Å². The Morgan fingerprint density at radius 3 is 2.65 bits per heavy atom. The summed E-state index contributed by atoms with van der Waals surface area (Å²) in [7, 11) is 0. The standard InChI is InChI=1S/C21H25N3O7/c1-2-29-20(27)14-5-7-23(8-6-14)18(25)10-15-19(26)24(21(28)22-15)11-13-3-4-16-17(9-13)31-12-30-16/h3-4,9,14-15H,2,5-8,10-12H2,1H3,(H,22,28). The fourth-order valence-corrected chi connectivity index (χ4v) is 4.02. The number of amides is 4. The first-order valence-electron chi connectivity index (χ1n) is 10.4. The third-order valence-corrected chi connectivity index (χ3v) is 5.73. The fraction of sp³-hybridized carbons (Fsp3) is 0.524. The number of carbonyl (C=O) groups excluding carboxylic acids is 4. The number of nitrogens with one attached hydrogen (secondary N) is 1. The molecule has 0 aromatic heterocycles. The summed E-state index contributed by atoms with van der Waals surface area (Å²) >= 11 is 0. The minimum absolute atomic E-state index is 0.0803. The van der Waals surface area contributed by atoms with E-state index in [9.17, 15) is 19.2 Å². The molecule has 2 fully saturated rings. The zero-order chi connectivity index (χ0) is 22.0. The highest BCUT2D eigenvalue weighted by molar-refractivity contribution is 6.05. The molecule has 1 unspecified atom stereocenters. The van der Waals surface area contributed by atoms with Gasteiger partial charge in [-0.15, -0.1) is 0 Å². The summed E-state index contributed by atoms with van der Waals surface area (Å²) in [6, 6.07) is 3.81. The summed E-state index contributed by atoms with van der Waals surface area (Å²) in [6.07, 6.45) is 0.962. The number of carbonyl (C=O) groups is 4. The number of hydrogen-bond acceptors (Lipinski definition) is 7. The van der Waals surface area contributed by atoms with Gasteiger partial charge in [-0.25, -0.2) is 4.79 Å². The van der Waals surface area contributed by atoms with Crippen molar-refractivity contribution in [2.45, 2.75) is 38.8 Å². The Balaban J connectivity index is 1.31.